The second-order valence-corrected chi connectivity index (χ2v) is 3.74. The van der Waals surface area contributed by atoms with Crippen molar-refractivity contribution in [1.29, 1.82) is 0 Å². The molecular weight excluding hydrogens is 202 g/mol. The Bertz CT molecular complexity index is 367. The zero-order chi connectivity index (χ0) is 10.1. The van der Waals surface area contributed by atoms with Crippen molar-refractivity contribution in [1.82, 2.24) is 4.90 Å². The van der Waals surface area contributed by atoms with Crippen LogP contribution in [0.2, 0.25) is 5.02 Å². The van der Waals surface area contributed by atoms with Crippen LogP contribution in [-0.2, 0) is 4.74 Å². The summed E-state index contributed by atoms with van der Waals surface area (Å²) in [6.45, 7) is 0.583. The van der Waals surface area contributed by atoms with Crippen molar-refractivity contribution in [3.05, 3.63) is 34.9 Å². The van der Waals surface area contributed by atoms with Crippen LogP contribution >= 0.6 is 11.6 Å². The zero-order valence-corrected chi connectivity index (χ0v) is 8.49. The van der Waals surface area contributed by atoms with E-state index in [1.807, 2.05) is 18.2 Å². The number of rotatable bonds is 1. The summed E-state index contributed by atoms with van der Waals surface area (Å²) in [5.41, 5.74) is 0.940. The molecule has 1 aromatic carbocycles. The van der Waals surface area contributed by atoms with Crippen molar-refractivity contribution in [3.63, 3.8) is 0 Å². The molecule has 1 aliphatic heterocycles. The Morgan fingerprint density at radius 1 is 1.57 bits per heavy atom. The number of nitrogens with zero attached hydrogens (tertiary/aromatic N) is 1. The second kappa shape index (κ2) is 3.50. The zero-order valence-electron chi connectivity index (χ0n) is 7.74. The van der Waals surface area contributed by atoms with Crippen LogP contribution in [0.5, 0.6) is 0 Å². The summed E-state index contributed by atoms with van der Waals surface area (Å²) >= 11 is 5.84. The van der Waals surface area contributed by atoms with Crippen LogP contribution in [0.25, 0.3) is 0 Å². The Morgan fingerprint density at radius 2 is 2.36 bits per heavy atom. The Kier molecular flexibility index (Phi) is 2.33. The van der Waals surface area contributed by atoms with Crippen molar-refractivity contribution >= 4 is 17.7 Å². The summed E-state index contributed by atoms with van der Waals surface area (Å²) in [4.78, 5) is 12.7. The molecular formula is C10H10ClNO2. The van der Waals surface area contributed by atoms with Crippen LogP contribution < -0.4 is 0 Å². The number of hydrogen-bond acceptors (Lipinski definition) is 2. The van der Waals surface area contributed by atoms with Gasteiger partial charge in [-0.05, 0) is 17.7 Å². The van der Waals surface area contributed by atoms with E-state index >= 15 is 0 Å². The smallest absolute Gasteiger partial charge is 0.410 e. The van der Waals surface area contributed by atoms with Crippen molar-refractivity contribution < 1.29 is 9.53 Å². The standard InChI is InChI=1S/C10H10ClNO2/c1-12-6-9(14-10(12)13)7-3-2-4-8(11)5-7/h2-5,9H,6H2,1H3. The van der Waals surface area contributed by atoms with Crippen molar-refractivity contribution in [2.24, 2.45) is 0 Å². The topological polar surface area (TPSA) is 29.5 Å². The third-order valence-corrected chi connectivity index (χ3v) is 2.45. The fraction of sp³-hybridized carbons (Fsp3) is 0.300. The van der Waals surface area contributed by atoms with Crippen LogP contribution in [0.1, 0.15) is 11.7 Å². The number of amides is 1. The van der Waals surface area contributed by atoms with Crippen LogP contribution in [0.3, 0.4) is 0 Å². The summed E-state index contributed by atoms with van der Waals surface area (Å²) < 4.78 is 5.14. The molecule has 0 aliphatic carbocycles. The highest BCUT2D eigenvalue weighted by atomic mass is 35.5. The number of carbonyl (C=O) groups excluding carboxylic acids is 1. The quantitative estimate of drug-likeness (QED) is 0.714. The molecule has 1 amide bonds. The Hall–Kier alpha value is -1.22. The summed E-state index contributed by atoms with van der Waals surface area (Å²) in [5, 5.41) is 0.660. The van der Waals surface area contributed by atoms with Crippen LogP contribution in [0, 0.1) is 0 Å². The first-order chi connectivity index (χ1) is 6.66. The molecule has 0 aromatic heterocycles. The monoisotopic (exact) mass is 211 g/mol. The lowest BCUT2D eigenvalue weighted by atomic mass is 10.1. The Labute approximate surface area is 87.2 Å². The second-order valence-electron chi connectivity index (χ2n) is 3.31. The molecule has 1 aromatic rings. The first kappa shape index (κ1) is 9.34. The van der Waals surface area contributed by atoms with Crippen LogP contribution in [0.15, 0.2) is 24.3 Å². The van der Waals surface area contributed by atoms with Crippen molar-refractivity contribution in [2.45, 2.75) is 6.10 Å². The Balaban J connectivity index is 2.21. The lowest BCUT2D eigenvalue weighted by Gasteiger charge is -2.07. The number of cyclic esters (lactones) is 1. The molecule has 4 heteroatoms. The molecule has 1 saturated heterocycles. The van der Waals surface area contributed by atoms with Crippen LogP contribution in [-0.4, -0.2) is 24.6 Å². The lowest BCUT2D eigenvalue weighted by molar-refractivity contribution is 0.135. The Morgan fingerprint density at radius 3 is 2.93 bits per heavy atom. The number of likely N-dealkylation sites (N-methyl/N-ethyl adjacent to an activating group) is 1. The summed E-state index contributed by atoms with van der Waals surface area (Å²) in [6, 6.07) is 7.37. The van der Waals surface area contributed by atoms with Gasteiger partial charge in [-0.2, -0.15) is 0 Å². The van der Waals surface area contributed by atoms with E-state index in [2.05, 4.69) is 0 Å². The maximum Gasteiger partial charge on any atom is 0.410 e. The molecule has 1 unspecified atom stereocenters. The van der Waals surface area contributed by atoms with E-state index in [0.29, 0.717) is 11.6 Å². The molecule has 1 aliphatic rings. The van der Waals surface area contributed by atoms with Gasteiger partial charge in [-0.25, -0.2) is 4.79 Å². The SMILES string of the molecule is CN1CC(c2cccc(Cl)c2)OC1=O. The minimum absolute atomic E-state index is 0.189. The highest BCUT2D eigenvalue weighted by molar-refractivity contribution is 6.30. The molecule has 0 spiro atoms. The van der Waals surface area contributed by atoms with Gasteiger partial charge in [0, 0.05) is 12.1 Å². The van der Waals surface area contributed by atoms with Gasteiger partial charge in [0.15, 0.2) is 0 Å². The maximum atomic E-state index is 11.1. The predicted molar refractivity (Wildman–Crippen MR) is 53.3 cm³/mol. The summed E-state index contributed by atoms with van der Waals surface area (Å²) in [7, 11) is 1.72. The van der Waals surface area contributed by atoms with E-state index in [0.717, 1.165) is 5.56 Å². The average molecular weight is 212 g/mol. The van der Waals surface area contributed by atoms with Gasteiger partial charge in [-0.15, -0.1) is 0 Å². The molecule has 2 rings (SSSR count). The van der Waals surface area contributed by atoms with E-state index in [1.54, 1.807) is 18.0 Å². The van der Waals surface area contributed by atoms with E-state index in [4.69, 9.17) is 16.3 Å². The van der Waals surface area contributed by atoms with Gasteiger partial charge < -0.3 is 9.64 Å². The van der Waals surface area contributed by atoms with Gasteiger partial charge in [-0.3, -0.25) is 0 Å². The third kappa shape index (κ3) is 1.68. The molecule has 1 fully saturated rings. The minimum Gasteiger partial charge on any atom is -0.439 e. The molecule has 3 nitrogen and oxygen atoms in total. The highest BCUT2D eigenvalue weighted by Gasteiger charge is 2.29. The van der Waals surface area contributed by atoms with Gasteiger partial charge in [0.05, 0.1) is 6.54 Å². The van der Waals surface area contributed by atoms with Crippen molar-refractivity contribution in [2.75, 3.05) is 13.6 Å². The molecule has 14 heavy (non-hydrogen) atoms. The molecule has 74 valence electrons. The van der Waals surface area contributed by atoms with Gasteiger partial charge in [0.25, 0.3) is 0 Å². The molecule has 0 bridgehead atoms. The van der Waals surface area contributed by atoms with Gasteiger partial charge in [-0.1, -0.05) is 23.7 Å². The number of hydrogen-bond donors (Lipinski definition) is 0. The van der Waals surface area contributed by atoms with Crippen molar-refractivity contribution in [3.8, 4) is 0 Å². The van der Waals surface area contributed by atoms with E-state index in [-0.39, 0.29) is 12.2 Å². The first-order valence-corrected chi connectivity index (χ1v) is 4.72. The number of carbonyl (C=O) groups is 1. The van der Waals surface area contributed by atoms with Gasteiger partial charge in [0.2, 0.25) is 0 Å². The van der Waals surface area contributed by atoms with E-state index in [1.165, 1.54) is 0 Å². The highest BCUT2D eigenvalue weighted by Crippen LogP contribution is 2.26. The first-order valence-electron chi connectivity index (χ1n) is 4.34. The molecule has 0 saturated carbocycles. The van der Waals surface area contributed by atoms with Gasteiger partial charge in [0.1, 0.15) is 6.10 Å². The third-order valence-electron chi connectivity index (χ3n) is 2.21. The van der Waals surface area contributed by atoms with Gasteiger partial charge >= 0.3 is 6.09 Å². The normalized spacial score (nSPS) is 21.1. The number of halogens is 1. The largest absolute Gasteiger partial charge is 0.439 e. The minimum atomic E-state index is -0.282. The maximum absolute atomic E-state index is 11.1. The lowest BCUT2D eigenvalue weighted by Crippen LogP contribution is -2.17. The van der Waals surface area contributed by atoms with Crippen LogP contribution in [0.4, 0.5) is 4.79 Å². The molecule has 0 radical (unpaired) electrons. The fourth-order valence-electron chi connectivity index (χ4n) is 1.45. The number of benzene rings is 1. The van der Waals surface area contributed by atoms with E-state index < -0.39 is 0 Å². The molecule has 1 atom stereocenters. The number of ether oxygens (including phenoxy) is 1. The summed E-state index contributed by atoms with van der Waals surface area (Å²) in [5.74, 6) is 0. The molecule has 0 N–H and O–H groups in total. The molecule has 1 heterocycles. The predicted octanol–water partition coefficient (Wildman–Crippen LogP) is 2.46. The fourth-order valence-corrected chi connectivity index (χ4v) is 1.65. The average Bonchev–Trinajstić information content (AvgIpc) is 2.47. The summed E-state index contributed by atoms with van der Waals surface area (Å²) in [6.07, 6.45) is -0.471. The van der Waals surface area contributed by atoms with E-state index in [9.17, 15) is 4.79 Å².